The molecule has 2 N–H and O–H groups in total. The Bertz CT molecular complexity index is 913. The molecular formula is C15H11N5O2. The number of nitriles is 1. The van der Waals surface area contributed by atoms with Gasteiger partial charge in [0.25, 0.3) is 5.91 Å². The van der Waals surface area contributed by atoms with Gasteiger partial charge in [-0.3, -0.25) is 4.79 Å². The van der Waals surface area contributed by atoms with Gasteiger partial charge in [0.1, 0.15) is 23.0 Å². The summed E-state index contributed by atoms with van der Waals surface area (Å²) >= 11 is 0. The summed E-state index contributed by atoms with van der Waals surface area (Å²) in [6, 6.07) is 7.11. The third-order valence-corrected chi connectivity index (χ3v) is 3.02. The van der Waals surface area contributed by atoms with Crippen LogP contribution in [0.25, 0.3) is 17.1 Å². The molecule has 0 bridgehead atoms. The number of anilines is 1. The van der Waals surface area contributed by atoms with Gasteiger partial charge in [0.05, 0.1) is 0 Å². The summed E-state index contributed by atoms with van der Waals surface area (Å²) in [6.07, 6.45) is 4.86. The zero-order chi connectivity index (χ0) is 15.5. The van der Waals surface area contributed by atoms with Gasteiger partial charge in [-0.2, -0.15) is 5.26 Å². The quantitative estimate of drug-likeness (QED) is 0.569. The number of nitrogens with one attached hydrogen (secondary N) is 2. The smallest absolute Gasteiger partial charge is 0.267 e. The molecule has 0 spiro atoms. The molecule has 7 nitrogen and oxygen atoms in total. The first-order valence-electron chi connectivity index (χ1n) is 6.46. The Balaban J connectivity index is 1.90. The molecule has 108 valence electrons. The van der Waals surface area contributed by atoms with Crippen LogP contribution >= 0.6 is 0 Å². The lowest BCUT2D eigenvalue weighted by Crippen LogP contribution is -2.13. The SMILES string of the molecule is Cc1cc(NC(=O)/C(C#N)=C/c2c[nH]c3ncccc23)no1. The highest BCUT2D eigenvalue weighted by Gasteiger charge is 2.13. The maximum atomic E-state index is 12.1. The van der Waals surface area contributed by atoms with Crippen LogP contribution in [-0.2, 0) is 4.79 Å². The Morgan fingerprint density at radius 3 is 3.14 bits per heavy atom. The molecule has 0 aliphatic heterocycles. The Kier molecular flexibility index (Phi) is 3.42. The molecule has 0 saturated heterocycles. The van der Waals surface area contributed by atoms with Crippen LogP contribution in [-0.4, -0.2) is 21.0 Å². The highest BCUT2D eigenvalue weighted by Crippen LogP contribution is 2.19. The largest absolute Gasteiger partial charge is 0.360 e. The molecule has 0 saturated carbocycles. The van der Waals surface area contributed by atoms with E-state index in [9.17, 15) is 10.1 Å². The summed E-state index contributed by atoms with van der Waals surface area (Å²) in [6.45, 7) is 1.71. The van der Waals surface area contributed by atoms with Crippen molar-refractivity contribution in [1.29, 1.82) is 5.26 Å². The summed E-state index contributed by atoms with van der Waals surface area (Å²) in [7, 11) is 0. The average Bonchev–Trinajstić information content (AvgIpc) is 3.11. The van der Waals surface area contributed by atoms with Crippen molar-refractivity contribution in [1.82, 2.24) is 15.1 Å². The molecule has 3 heterocycles. The van der Waals surface area contributed by atoms with Gasteiger partial charge in [0, 0.05) is 29.4 Å². The maximum absolute atomic E-state index is 12.1. The summed E-state index contributed by atoms with van der Waals surface area (Å²) in [5.74, 6) is 0.291. The molecule has 0 radical (unpaired) electrons. The minimum absolute atomic E-state index is 0.0367. The van der Waals surface area contributed by atoms with Crippen molar-refractivity contribution in [3.8, 4) is 6.07 Å². The van der Waals surface area contributed by atoms with Crippen LogP contribution < -0.4 is 5.32 Å². The van der Waals surface area contributed by atoms with Crippen LogP contribution in [0.15, 0.2) is 40.7 Å². The van der Waals surface area contributed by atoms with E-state index in [1.807, 2.05) is 12.1 Å². The zero-order valence-electron chi connectivity index (χ0n) is 11.6. The fourth-order valence-electron chi connectivity index (χ4n) is 2.01. The maximum Gasteiger partial charge on any atom is 0.267 e. The number of fused-ring (bicyclic) bond motifs is 1. The highest BCUT2D eigenvalue weighted by molar-refractivity contribution is 6.10. The standard InChI is InChI=1S/C15H11N5O2/c1-9-5-13(20-22-9)19-15(21)10(7-16)6-11-8-18-14-12(11)3-2-4-17-14/h2-6,8H,1H3,(H,17,18)(H,19,20,21)/b10-6+. The Morgan fingerprint density at radius 1 is 1.55 bits per heavy atom. The minimum Gasteiger partial charge on any atom is -0.360 e. The van der Waals surface area contributed by atoms with Crippen molar-refractivity contribution in [2.24, 2.45) is 0 Å². The monoisotopic (exact) mass is 293 g/mol. The number of hydrogen-bond donors (Lipinski definition) is 2. The van der Waals surface area contributed by atoms with Gasteiger partial charge in [-0.1, -0.05) is 5.16 Å². The van der Waals surface area contributed by atoms with Gasteiger partial charge in [-0.05, 0) is 25.1 Å². The van der Waals surface area contributed by atoms with E-state index in [4.69, 9.17) is 4.52 Å². The van der Waals surface area contributed by atoms with Crippen molar-refractivity contribution in [2.75, 3.05) is 5.32 Å². The number of H-pyrrole nitrogens is 1. The third kappa shape index (κ3) is 2.58. The Hall–Kier alpha value is -3.40. The van der Waals surface area contributed by atoms with Crippen LogP contribution in [0, 0.1) is 18.3 Å². The predicted molar refractivity (Wildman–Crippen MR) is 79.6 cm³/mol. The number of carbonyl (C=O) groups is 1. The Labute approximate surface area is 125 Å². The number of aromatic amines is 1. The first-order chi connectivity index (χ1) is 10.7. The number of carbonyl (C=O) groups excluding carboxylic acids is 1. The summed E-state index contributed by atoms with van der Waals surface area (Å²) in [4.78, 5) is 19.3. The second-order valence-electron chi connectivity index (χ2n) is 4.59. The number of hydrogen-bond acceptors (Lipinski definition) is 5. The average molecular weight is 293 g/mol. The molecule has 3 aromatic rings. The normalized spacial score (nSPS) is 11.4. The van der Waals surface area contributed by atoms with E-state index >= 15 is 0 Å². The zero-order valence-corrected chi connectivity index (χ0v) is 11.6. The lowest BCUT2D eigenvalue weighted by Gasteiger charge is -1.99. The highest BCUT2D eigenvalue weighted by atomic mass is 16.5. The molecule has 0 unspecified atom stereocenters. The van der Waals surface area contributed by atoms with Gasteiger partial charge in [-0.15, -0.1) is 0 Å². The number of nitrogens with zero attached hydrogens (tertiary/aromatic N) is 3. The Morgan fingerprint density at radius 2 is 2.41 bits per heavy atom. The molecule has 0 fully saturated rings. The topological polar surface area (TPSA) is 108 Å². The molecule has 7 heteroatoms. The molecule has 3 aromatic heterocycles. The number of aromatic nitrogens is 3. The fraction of sp³-hybridized carbons (Fsp3) is 0.0667. The van der Waals surface area contributed by atoms with E-state index in [1.165, 1.54) is 6.08 Å². The fourth-order valence-corrected chi connectivity index (χ4v) is 2.01. The number of aryl methyl sites for hydroxylation is 1. The van der Waals surface area contributed by atoms with Gasteiger partial charge < -0.3 is 14.8 Å². The first kappa shape index (κ1) is 13.6. The molecule has 0 atom stereocenters. The summed E-state index contributed by atoms with van der Waals surface area (Å²) in [5.41, 5.74) is 1.37. The van der Waals surface area contributed by atoms with E-state index in [2.05, 4.69) is 20.4 Å². The number of amides is 1. The molecular weight excluding hydrogens is 282 g/mol. The van der Waals surface area contributed by atoms with Crippen LogP contribution in [0.3, 0.4) is 0 Å². The van der Waals surface area contributed by atoms with Gasteiger partial charge in [-0.25, -0.2) is 4.98 Å². The molecule has 22 heavy (non-hydrogen) atoms. The van der Waals surface area contributed by atoms with E-state index in [0.29, 0.717) is 17.0 Å². The van der Waals surface area contributed by atoms with Crippen molar-refractivity contribution in [2.45, 2.75) is 6.92 Å². The molecule has 1 amide bonds. The van der Waals surface area contributed by atoms with Gasteiger partial charge >= 0.3 is 0 Å². The van der Waals surface area contributed by atoms with Crippen molar-refractivity contribution in [3.05, 3.63) is 47.5 Å². The predicted octanol–water partition coefficient (Wildman–Crippen LogP) is 2.41. The van der Waals surface area contributed by atoms with E-state index in [1.54, 1.807) is 31.5 Å². The molecule has 0 aliphatic rings. The van der Waals surface area contributed by atoms with E-state index < -0.39 is 5.91 Å². The summed E-state index contributed by atoms with van der Waals surface area (Å²) < 4.78 is 4.86. The van der Waals surface area contributed by atoms with E-state index in [-0.39, 0.29) is 11.4 Å². The lowest BCUT2D eigenvalue weighted by molar-refractivity contribution is -0.112. The first-order valence-corrected chi connectivity index (χ1v) is 6.46. The summed E-state index contributed by atoms with van der Waals surface area (Å²) in [5, 5.41) is 16.2. The van der Waals surface area contributed by atoms with Crippen LogP contribution in [0.5, 0.6) is 0 Å². The van der Waals surface area contributed by atoms with E-state index in [0.717, 1.165) is 5.39 Å². The number of rotatable bonds is 3. The molecule has 3 rings (SSSR count). The molecule has 0 aliphatic carbocycles. The third-order valence-electron chi connectivity index (χ3n) is 3.02. The second kappa shape index (κ2) is 5.54. The van der Waals surface area contributed by atoms with Gasteiger partial charge in [0.2, 0.25) is 0 Å². The minimum atomic E-state index is -0.547. The van der Waals surface area contributed by atoms with Gasteiger partial charge in [0.15, 0.2) is 5.82 Å². The number of pyridine rings is 1. The van der Waals surface area contributed by atoms with Crippen LogP contribution in [0.1, 0.15) is 11.3 Å². The van der Waals surface area contributed by atoms with Crippen molar-refractivity contribution in [3.63, 3.8) is 0 Å². The lowest BCUT2D eigenvalue weighted by atomic mass is 10.1. The van der Waals surface area contributed by atoms with Crippen molar-refractivity contribution >= 4 is 28.8 Å². The van der Waals surface area contributed by atoms with Crippen LogP contribution in [0.4, 0.5) is 5.82 Å². The van der Waals surface area contributed by atoms with Crippen molar-refractivity contribution < 1.29 is 9.32 Å². The van der Waals surface area contributed by atoms with Crippen LogP contribution in [0.2, 0.25) is 0 Å². The molecule has 0 aromatic carbocycles. The second-order valence-corrected chi connectivity index (χ2v) is 4.59.